The van der Waals surface area contributed by atoms with Gasteiger partial charge >= 0.3 is 0 Å². The topological polar surface area (TPSA) is 124 Å². The van der Waals surface area contributed by atoms with Gasteiger partial charge in [-0.05, 0) is 28.8 Å². The van der Waals surface area contributed by atoms with Crippen LogP contribution in [0.1, 0.15) is 22.6 Å². The molecule has 0 bridgehead atoms. The van der Waals surface area contributed by atoms with E-state index in [-0.39, 0.29) is 44.3 Å². The van der Waals surface area contributed by atoms with Gasteiger partial charge in [0.15, 0.2) is 0 Å². The first-order valence-corrected chi connectivity index (χ1v) is 8.43. The molecule has 2 aromatic heterocycles. The van der Waals surface area contributed by atoms with Crippen molar-refractivity contribution in [2.75, 3.05) is 0 Å². The molecule has 1 unspecified atom stereocenters. The highest BCUT2D eigenvalue weighted by Crippen LogP contribution is 2.47. The lowest BCUT2D eigenvalue weighted by Gasteiger charge is -2.26. The number of ether oxygens (including phenoxy) is 1. The zero-order chi connectivity index (χ0) is 19.3. The van der Waals surface area contributed by atoms with Crippen LogP contribution < -0.4 is 10.3 Å². The third-order valence-electron chi connectivity index (χ3n) is 3.94. The summed E-state index contributed by atoms with van der Waals surface area (Å²) in [4.78, 5) is 37.2. The lowest BCUT2D eigenvalue weighted by atomic mass is 9.86. The molecule has 1 aromatic carbocycles. The van der Waals surface area contributed by atoms with Gasteiger partial charge in [-0.25, -0.2) is 4.98 Å². The number of benzene rings is 1. The number of nitrogens with one attached hydrogen (secondary N) is 1. The number of hydrogen-bond acceptors (Lipinski definition) is 7. The average Bonchev–Trinajstić information content (AvgIpc) is 2.59. The second-order valence-electron chi connectivity index (χ2n) is 5.46. The highest BCUT2D eigenvalue weighted by Gasteiger charge is 2.36. The van der Waals surface area contributed by atoms with Gasteiger partial charge in [-0.3, -0.25) is 19.9 Å². The summed E-state index contributed by atoms with van der Waals surface area (Å²) < 4.78 is 5.57. The minimum Gasteiger partial charge on any atom is -0.419 e. The summed E-state index contributed by atoms with van der Waals surface area (Å²) in [6.07, 6.45) is 0. The fraction of sp³-hybridized carbons (Fsp3) is 0.0667. The van der Waals surface area contributed by atoms with Gasteiger partial charge in [0.25, 0.3) is 11.2 Å². The maximum Gasteiger partial charge on any atom is 0.269 e. The number of rotatable bonds is 2. The van der Waals surface area contributed by atoms with Crippen molar-refractivity contribution >= 4 is 40.5 Å². The Labute approximate surface area is 165 Å². The van der Waals surface area contributed by atoms with Crippen LogP contribution in [0.2, 0.25) is 15.7 Å². The minimum atomic E-state index is -0.789. The molecular formula is C15H6Cl3N5O4. The highest BCUT2D eigenvalue weighted by molar-refractivity contribution is 6.32. The van der Waals surface area contributed by atoms with E-state index in [9.17, 15) is 14.9 Å². The number of hydrogen-bond donors (Lipinski definition) is 1. The van der Waals surface area contributed by atoms with Crippen LogP contribution in [-0.4, -0.2) is 24.9 Å². The van der Waals surface area contributed by atoms with Crippen molar-refractivity contribution in [3.05, 3.63) is 77.1 Å². The fourth-order valence-corrected chi connectivity index (χ4v) is 3.48. The first-order valence-electron chi connectivity index (χ1n) is 7.30. The van der Waals surface area contributed by atoms with E-state index in [1.807, 2.05) is 0 Å². The first-order chi connectivity index (χ1) is 12.8. The summed E-state index contributed by atoms with van der Waals surface area (Å²) in [5, 5.41) is 10.6. The Morgan fingerprint density at radius 2 is 1.70 bits per heavy atom. The predicted molar refractivity (Wildman–Crippen MR) is 96.0 cm³/mol. The van der Waals surface area contributed by atoms with Crippen molar-refractivity contribution in [3.63, 3.8) is 0 Å². The van der Waals surface area contributed by atoms with E-state index in [0.717, 1.165) is 0 Å². The Kier molecular flexibility index (Phi) is 4.22. The molecule has 0 saturated heterocycles. The van der Waals surface area contributed by atoms with E-state index < -0.39 is 16.4 Å². The van der Waals surface area contributed by atoms with Crippen LogP contribution in [-0.2, 0) is 0 Å². The van der Waals surface area contributed by atoms with Gasteiger partial charge < -0.3 is 4.74 Å². The molecule has 1 aliphatic heterocycles. The SMILES string of the molecule is O=c1[nH]c(Cl)nc2c1C(c1ccc([N+](=O)[O-])cc1)c1c(Cl)nc(Cl)nc1O2. The second-order valence-corrected chi connectivity index (χ2v) is 6.52. The van der Waals surface area contributed by atoms with Crippen molar-refractivity contribution in [3.8, 4) is 11.8 Å². The molecule has 0 radical (unpaired) electrons. The largest absolute Gasteiger partial charge is 0.419 e. The van der Waals surface area contributed by atoms with Gasteiger partial charge in [-0.2, -0.15) is 9.97 Å². The molecule has 0 amide bonds. The average molecular weight is 427 g/mol. The van der Waals surface area contributed by atoms with E-state index in [4.69, 9.17) is 39.5 Å². The molecule has 1 aliphatic rings. The van der Waals surface area contributed by atoms with Crippen LogP contribution in [0.4, 0.5) is 5.69 Å². The summed E-state index contributed by atoms with van der Waals surface area (Å²) in [5.41, 5.74) is 0.275. The van der Waals surface area contributed by atoms with Crippen LogP contribution >= 0.6 is 34.8 Å². The van der Waals surface area contributed by atoms with Crippen molar-refractivity contribution in [2.45, 2.75) is 5.92 Å². The Morgan fingerprint density at radius 3 is 2.37 bits per heavy atom. The molecule has 27 heavy (non-hydrogen) atoms. The third-order valence-corrected chi connectivity index (χ3v) is 4.57. The van der Waals surface area contributed by atoms with Gasteiger partial charge in [0, 0.05) is 12.1 Å². The van der Waals surface area contributed by atoms with E-state index in [2.05, 4.69) is 19.9 Å². The zero-order valence-corrected chi connectivity index (χ0v) is 15.2. The third kappa shape index (κ3) is 2.99. The van der Waals surface area contributed by atoms with Gasteiger partial charge in [-0.1, -0.05) is 23.7 Å². The molecular weight excluding hydrogens is 421 g/mol. The summed E-state index contributed by atoms with van der Waals surface area (Å²) in [7, 11) is 0. The van der Waals surface area contributed by atoms with Crippen LogP contribution in [0, 0.1) is 10.1 Å². The number of nitro benzene ring substituents is 1. The summed E-state index contributed by atoms with van der Waals surface area (Å²) in [5.74, 6) is -0.835. The smallest absolute Gasteiger partial charge is 0.269 e. The van der Waals surface area contributed by atoms with E-state index in [1.54, 1.807) is 0 Å². The Bertz CT molecular complexity index is 1150. The van der Waals surface area contributed by atoms with Gasteiger partial charge in [0.1, 0.15) is 5.15 Å². The number of halogens is 3. The molecule has 0 aliphatic carbocycles. The number of aromatic nitrogens is 4. The number of aromatic amines is 1. The van der Waals surface area contributed by atoms with Gasteiger partial charge in [0.2, 0.25) is 22.3 Å². The minimum absolute atomic E-state index is 0.0185. The molecule has 0 spiro atoms. The monoisotopic (exact) mass is 425 g/mol. The summed E-state index contributed by atoms with van der Waals surface area (Å²) >= 11 is 17.9. The van der Waals surface area contributed by atoms with Crippen molar-refractivity contribution in [1.82, 2.24) is 19.9 Å². The molecule has 0 saturated carbocycles. The molecule has 0 fully saturated rings. The zero-order valence-electron chi connectivity index (χ0n) is 12.9. The maximum atomic E-state index is 12.6. The number of H-pyrrole nitrogens is 1. The lowest BCUT2D eigenvalue weighted by molar-refractivity contribution is -0.384. The maximum absolute atomic E-state index is 12.6. The normalized spacial score (nSPS) is 14.9. The predicted octanol–water partition coefficient (Wildman–Crippen LogP) is 3.71. The summed E-state index contributed by atoms with van der Waals surface area (Å²) in [6.45, 7) is 0. The number of non-ortho nitro benzene ring substituents is 1. The van der Waals surface area contributed by atoms with Crippen LogP contribution in [0.15, 0.2) is 29.1 Å². The van der Waals surface area contributed by atoms with Crippen LogP contribution in [0.25, 0.3) is 0 Å². The Morgan fingerprint density at radius 1 is 1.04 bits per heavy atom. The van der Waals surface area contributed by atoms with Crippen molar-refractivity contribution < 1.29 is 9.66 Å². The fourth-order valence-electron chi connectivity index (χ4n) is 2.84. The van der Waals surface area contributed by atoms with Crippen molar-refractivity contribution in [2.24, 2.45) is 0 Å². The van der Waals surface area contributed by atoms with Crippen LogP contribution in [0.5, 0.6) is 11.8 Å². The lowest BCUT2D eigenvalue weighted by Crippen LogP contribution is -2.25. The Hall–Kier alpha value is -2.75. The quantitative estimate of drug-likeness (QED) is 0.224. The highest BCUT2D eigenvalue weighted by atomic mass is 35.5. The molecule has 136 valence electrons. The molecule has 12 heteroatoms. The molecule has 9 nitrogen and oxygen atoms in total. The summed E-state index contributed by atoms with van der Waals surface area (Å²) in [6, 6.07) is 5.63. The van der Waals surface area contributed by atoms with E-state index in [1.165, 1.54) is 24.3 Å². The number of fused-ring (bicyclic) bond motifs is 2. The van der Waals surface area contributed by atoms with Gasteiger partial charge in [-0.15, -0.1) is 0 Å². The first kappa shape index (κ1) is 17.7. The molecule has 4 rings (SSSR count). The van der Waals surface area contributed by atoms with Gasteiger partial charge in [0.05, 0.1) is 22.0 Å². The molecule has 3 aromatic rings. The second kappa shape index (κ2) is 6.45. The van der Waals surface area contributed by atoms with Crippen molar-refractivity contribution in [1.29, 1.82) is 0 Å². The van der Waals surface area contributed by atoms with E-state index >= 15 is 0 Å². The van der Waals surface area contributed by atoms with E-state index in [0.29, 0.717) is 5.56 Å². The van der Waals surface area contributed by atoms with Crippen LogP contribution in [0.3, 0.4) is 0 Å². The standard InChI is InChI=1S/C15H6Cl3N5O4/c16-10-8-7(5-1-3-6(4-2-5)23(25)26)9-11(24)20-15(18)22-13(9)27-12(8)21-14(17)19-10/h1-4,7H,(H,20,22,24). The molecule has 1 N–H and O–H groups in total. The molecule has 1 atom stereocenters. The Balaban J connectivity index is 2.00. The number of nitro groups is 1. The number of nitrogens with zero attached hydrogens (tertiary/aromatic N) is 4. The molecule has 3 heterocycles.